The molecule has 84 valence electrons. The summed E-state index contributed by atoms with van der Waals surface area (Å²) in [5.74, 6) is 0.713. The maximum Gasteiger partial charge on any atom is 0.126 e. The number of aryl methyl sites for hydroxylation is 1. The predicted octanol–water partition coefficient (Wildman–Crippen LogP) is 3.49. The van der Waals surface area contributed by atoms with E-state index in [9.17, 15) is 0 Å². The summed E-state index contributed by atoms with van der Waals surface area (Å²) in [7, 11) is 0. The third-order valence-corrected chi connectivity index (χ3v) is 2.85. The molecule has 0 aliphatic heterocycles. The van der Waals surface area contributed by atoms with Crippen molar-refractivity contribution in [2.45, 2.75) is 52.4 Å². The number of hydrogen-bond acceptors (Lipinski definition) is 2. The zero-order chi connectivity index (χ0) is 11.1. The molecule has 0 aliphatic rings. The van der Waals surface area contributed by atoms with Crippen LogP contribution in [0.3, 0.4) is 0 Å². The first-order valence-corrected chi connectivity index (χ1v) is 5.95. The Morgan fingerprint density at radius 2 is 1.93 bits per heavy atom. The lowest BCUT2D eigenvalue weighted by Crippen LogP contribution is -2.00. The number of rotatable bonds is 6. The van der Waals surface area contributed by atoms with Crippen molar-refractivity contribution in [2.24, 2.45) is 0 Å². The summed E-state index contributed by atoms with van der Waals surface area (Å²) in [6, 6.07) is 2.04. The van der Waals surface area contributed by atoms with Gasteiger partial charge in [-0.15, -0.1) is 0 Å². The fourth-order valence-electron chi connectivity index (χ4n) is 1.84. The number of nitrogen functional groups attached to an aromatic ring is 1. The van der Waals surface area contributed by atoms with E-state index in [0.29, 0.717) is 5.82 Å². The van der Waals surface area contributed by atoms with Gasteiger partial charge in [0.05, 0.1) is 0 Å². The summed E-state index contributed by atoms with van der Waals surface area (Å²) in [5.41, 5.74) is 8.37. The third-order valence-electron chi connectivity index (χ3n) is 2.85. The summed E-state index contributed by atoms with van der Waals surface area (Å²) in [6.07, 6.45) is 9.39. The first kappa shape index (κ1) is 12.0. The molecule has 0 amide bonds. The molecule has 2 N–H and O–H groups in total. The van der Waals surface area contributed by atoms with Crippen molar-refractivity contribution in [3.8, 4) is 0 Å². The Morgan fingerprint density at radius 1 is 1.20 bits per heavy atom. The molecular weight excluding hydrogens is 184 g/mol. The molecule has 0 aromatic carbocycles. The van der Waals surface area contributed by atoms with Gasteiger partial charge < -0.3 is 5.73 Å². The number of anilines is 1. The van der Waals surface area contributed by atoms with Gasteiger partial charge in [0.1, 0.15) is 5.82 Å². The van der Waals surface area contributed by atoms with Gasteiger partial charge >= 0.3 is 0 Å². The van der Waals surface area contributed by atoms with Crippen molar-refractivity contribution in [1.82, 2.24) is 4.98 Å². The highest BCUT2D eigenvalue weighted by molar-refractivity contribution is 5.43. The first-order valence-electron chi connectivity index (χ1n) is 5.95. The molecule has 15 heavy (non-hydrogen) atoms. The number of nitrogens with two attached hydrogens (primary N) is 1. The second-order valence-electron chi connectivity index (χ2n) is 4.16. The Bertz CT molecular complexity index is 274. The maximum absolute atomic E-state index is 5.85. The van der Waals surface area contributed by atoms with E-state index in [4.69, 9.17) is 5.73 Å². The molecule has 0 aliphatic carbocycles. The molecule has 0 radical (unpaired) electrons. The van der Waals surface area contributed by atoms with Crippen molar-refractivity contribution < 1.29 is 0 Å². The van der Waals surface area contributed by atoms with Gasteiger partial charge in [0.15, 0.2) is 0 Å². The minimum absolute atomic E-state index is 0.713. The number of pyridine rings is 1. The zero-order valence-corrected chi connectivity index (χ0v) is 9.92. The highest BCUT2D eigenvalue weighted by Crippen LogP contribution is 2.17. The quantitative estimate of drug-likeness (QED) is 0.724. The van der Waals surface area contributed by atoms with Gasteiger partial charge in [0, 0.05) is 6.20 Å². The summed E-state index contributed by atoms with van der Waals surface area (Å²) in [4.78, 5) is 4.13. The Morgan fingerprint density at radius 3 is 2.60 bits per heavy atom. The summed E-state index contributed by atoms with van der Waals surface area (Å²) >= 11 is 0. The lowest BCUT2D eigenvalue weighted by Gasteiger charge is -2.07. The minimum atomic E-state index is 0.713. The van der Waals surface area contributed by atoms with Crippen molar-refractivity contribution in [3.05, 3.63) is 23.4 Å². The van der Waals surface area contributed by atoms with Crippen LogP contribution in [0.25, 0.3) is 0 Å². The summed E-state index contributed by atoms with van der Waals surface area (Å²) in [6.45, 7) is 4.35. The molecule has 2 nitrogen and oxygen atoms in total. The smallest absolute Gasteiger partial charge is 0.126 e. The molecule has 0 bridgehead atoms. The van der Waals surface area contributed by atoms with E-state index >= 15 is 0 Å². The number of unbranched alkanes of at least 4 members (excludes halogenated alkanes) is 4. The standard InChI is InChI=1S/C13H22N2/c1-3-4-5-6-7-8-12-11(2)9-10-15-13(12)14/h9-10H,3-8H2,1-2H3,(H2,14,15). The second kappa shape index (κ2) is 6.44. The first-order chi connectivity index (χ1) is 7.25. The zero-order valence-electron chi connectivity index (χ0n) is 9.92. The number of hydrogen-bond donors (Lipinski definition) is 1. The molecule has 0 saturated carbocycles. The Hall–Kier alpha value is -1.05. The molecule has 0 spiro atoms. The monoisotopic (exact) mass is 206 g/mol. The van der Waals surface area contributed by atoms with Gasteiger partial charge in [-0.2, -0.15) is 0 Å². The second-order valence-corrected chi connectivity index (χ2v) is 4.16. The normalized spacial score (nSPS) is 10.5. The Kier molecular flexibility index (Phi) is 5.16. The molecule has 1 aromatic rings. The molecule has 0 fully saturated rings. The SMILES string of the molecule is CCCCCCCc1c(C)ccnc1N. The molecule has 0 saturated heterocycles. The average molecular weight is 206 g/mol. The van der Waals surface area contributed by atoms with Gasteiger partial charge in [0.25, 0.3) is 0 Å². The number of nitrogens with zero attached hydrogens (tertiary/aromatic N) is 1. The van der Waals surface area contributed by atoms with E-state index in [1.54, 1.807) is 6.20 Å². The van der Waals surface area contributed by atoms with E-state index in [0.717, 1.165) is 6.42 Å². The molecule has 1 rings (SSSR count). The van der Waals surface area contributed by atoms with Gasteiger partial charge in [-0.05, 0) is 37.0 Å². The largest absolute Gasteiger partial charge is 0.383 e. The predicted molar refractivity (Wildman–Crippen MR) is 65.8 cm³/mol. The van der Waals surface area contributed by atoms with Crippen molar-refractivity contribution in [3.63, 3.8) is 0 Å². The van der Waals surface area contributed by atoms with Gasteiger partial charge in [0.2, 0.25) is 0 Å². The summed E-state index contributed by atoms with van der Waals surface area (Å²) < 4.78 is 0. The third kappa shape index (κ3) is 3.90. The Balaban J connectivity index is 2.37. The van der Waals surface area contributed by atoms with E-state index < -0.39 is 0 Å². The van der Waals surface area contributed by atoms with Gasteiger partial charge in [-0.1, -0.05) is 32.6 Å². The lowest BCUT2D eigenvalue weighted by atomic mass is 10.0. The van der Waals surface area contributed by atoms with Crippen molar-refractivity contribution in [2.75, 3.05) is 5.73 Å². The van der Waals surface area contributed by atoms with Crippen LogP contribution in [0.5, 0.6) is 0 Å². The van der Waals surface area contributed by atoms with E-state index in [2.05, 4.69) is 18.8 Å². The molecular formula is C13H22N2. The minimum Gasteiger partial charge on any atom is -0.383 e. The Labute approximate surface area is 92.9 Å². The number of aromatic nitrogens is 1. The lowest BCUT2D eigenvalue weighted by molar-refractivity contribution is 0.631. The molecule has 1 heterocycles. The van der Waals surface area contributed by atoms with E-state index in [1.165, 1.54) is 43.2 Å². The molecule has 0 atom stereocenters. The molecule has 2 heteroatoms. The van der Waals surface area contributed by atoms with E-state index in [1.807, 2.05) is 6.07 Å². The summed E-state index contributed by atoms with van der Waals surface area (Å²) in [5, 5.41) is 0. The van der Waals surface area contributed by atoms with Crippen LogP contribution in [0.2, 0.25) is 0 Å². The van der Waals surface area contributed by atoms with Crippen molar-refractivity contribution >= 4 is 5.82 Å². The highest BCUT2D eigenvalue weighted by Gasteiger charge is 2.03. The van der Waals surface area contributed by atoms with Crippen LogP contribution < -0.4 is 5.73 Å². The molecule has 1 aromatic heterocycles. The van der Waals surface area contributed by atoms with Gasteiger partial charge in [-0.3, -0.25) is 0 Å². The van der Waals surface area contributed by atoms with Crippen LogP contribution in [0, 0.1) is 6.92 Å². The fourth-order valence-corrected chi connectivity index (χ4v) is 1.84. The van der Waals surface area contributed by atoms with Crippen LogP contribution in [0.1, 0.15) is 50.2 Å². The van der Waals surface area contributed by atoms with Crippen molar-refractivity contribution in [1.29, 1.82) is 0 Å². The van der Waals surface area contributed by atoms with Crippen LogP contribution in [-0.4, -0.2) is 4.98 Å². The topological polar surface area (TPSA) is 38.9 Å². The van der Waals surface area contributed by atoms with Crippen LogP contribution in [0.4, 0.5) is 5.82 Å². The fraction of sp³-hybridized carbons (Fsp3) is 0.615. The van der Waals surface area contributed by atoms with Crippen LogP contribution >= 0.6 is 0 Å². The van der Waals surface area contributed by atoms with Crippen LogP contribution in [-0.2, 0) is 6.42 Å². The average Bonchev–Trinajstić information content (AvgIpc) is 2.21. The maximum atomic E-state index is 5.85. The molecule has 0 unspecified atom stereocenters. The van der Waals surface area contributed by atoms with Crippen LogP contribution in [0.15, 0.2) is 12.3 Å². The van der Waals surface area contributed by atoms with Gasteiger partial charge in [-0.25, -0.2) is 4.98 Å². The van der Waals surface area contributed by atoms with E-state index in [-0.39, 0.29) is 0 Å². The highest BCUT2D eigenvalue weighted by atomic mass is 14.8.